The molecular formula is C25H22Cl3N3O4. The number of nitrogens with zero attached hydrogens (tertiary/aromatic N) is 1. The number of hydrazine groups is 1. The Balaban J connectivity index is 1.33. The highest BCUT2D eigenvalue weighted by molar-refractivity contribution is 6.42. The van der Waals surface area contributed by atoms with Gasteiger partial charge in [0.05, 0.1) is 28.8 Å². The molecule has 2 amide bonds. The van der Waals surface area contributed by atoms with Gasteiger partial charge >= 0.3 is 0 Å². The van der Waals surface area contributed by atoms with Crippen LogP contribution in [0.5, 0.6) is 11.5 Å². The second kappa shape index (κ2) is 11.1. The smallest absolute Gasteiger partial charge is 0.243 e. The first-order chi connectivity index (χ1) is 16.8. The molecule has 4 rings (SSSR count). The van der Waals surface area contributed by atoms with E-state index in [0.717, 1.165) is 5.56 Å². The number of methoxy groups -OCH3 is 1. The van der Waals surface area contributed by atoms with E-state index >= 15 is 0 Å². The number of amides is 2. The molecule has 3 aromatic rings. The Kier molecular flexibility index (Phi) is 7.90. The summed E-state index contributed by atoms with van der Waals surface area (Å²) in [5, 5.41) is 1.51. The van der Waals surface area contributed by atoms with Gasteiger partial charge in [0.25, 0.3) is 0 Å². The average molecular weight is 535 g/mol. The zero-order valence-corrected chi connectivity index (χ0v) is 21.0. The molecule has 0 aliphatic carbocycles. The van der Waals surface area contributed by atoms with E-state index in [9.17, 15) is 9.59 Å². The van der Waals surface area contributed by atoms with Gasteiger partial charge in [0.2, 0.25) is 11.8 Å². The van der Waals surface area contributed by atoms with Crippen molar-refractivity contribution in [2.75, 3.05) is 24.0 Å². The van der Waals surface area contributed by atoms with Gasteiger partial charge in [-0.1, -0.05) is 40.9 Å². The lowest BCUT2D eigenvalue weighted by atomic mass is 10.1. The van der Waals surface area contributed by atoms with Gasteiger partial charge in [0.15, 0.2) is 11.5 Å². The Morgan fingerprint density at radius 1 is 1.00 bits per heavy atom. The second-order valence-corrected chi connectivity index (χ2v) is 9.15. The summed E-state index contributed by atoms with van der Waals surface area (Å²) in [6.45, 7) is 0.565. The molecule has 0 unspecified atom stereocenters. The first-order valence-corrected chi connectivity index (χ1v) is 11.8. The van der Waals surface area contributed by atoms with Crippen molar-refractivity contribution in [3.63, 3.8) is 0 Å². The van der Waals surface area contributed by atoms with Gasteiger partial charge in [-0.3, -0.25) is 20.4 Å². The van der Waals surface area contributed by atoms with E-state index in [2.05, 4.69) is 10.9 Å². The van der Waals surface area contributed by atoms with Gasteiger partial charge < -0.3 is 14.4 Å². The molecular weight excluding hydrogens is 513 g/mol. The van der Waals surface area contributed by atoms with Gasteiger partial charge in [-0.2, -0.15) is 0 Å². The molecule has 7 nitrogen and oxygen atoms in total. The summed E-state index contributed by atoms with van der Waals surface area (Å²) >= 11 is 17.9. The van der Waals surface area contributed by atoms with Gasteiger partial charge in [-0.15, -0.1) is 0 Å². The molecule has 10 heteroatoms. The topological polar surface area (TPSA) is 79.9 Å². The Hall–Kier alpha value is -3.13. The lowest BCUT2D eigenvalue weighted by Gasteiger charge is -2.17. The van der Waals surface area contributed by atoms with Crippen LogP contribution in [0, 0.1) is 5.92 Å². The third-order valence-corrected chi connectivity index (χ3v) is 6.50. The van der Waals surface area contributed by atoms with E-state index in [1.807, 2.05) is 6.07 Å². The highest BCUT2D eigenvalue weighted by atomic mass is 35.5. The van der Waals surface area contributed by atoms with Crippen molar-refractivity contribution in [1.82, 2.24) is 5.43 Å². The Bertz CT molecular complexity index is 1240. The number of anilines is 2. The monoisotopic (exact) mass is 533 g/mol. The van der Waals surface area contributed by atoms with Crippen LogP contribution in [0.2, 0.25) is 15.1 Å². The lowest BCUT2D eigenvalue weighted by Crippen LogP contribution is -2.36. The van der Waals surface area contributed by atoms with E-state index in [0.29, 0.717) is 44.5 Å². The van der Waals surface area contributed by atoms with E-state index in [4.69, 9.17) is 44.3 Å². The third-order valence-electron chi connectivity index (χ3n) is 5.51. The van der Waals surface area contributed by atoms with Crippen molar-refractivity contribution in [3.8, 4) is 11.5 Å². The van der Waals surface area contributed by atoms with E-state index in [1.165, 1.54) is 7.11 Å². The SMILES string of the molecule is COc1cc(NNC(=O)[C@H]2CC(=O)N(c3ccc(Cl)cc3)C2)ccc1OCc1ccc(Cl)c(Cl)c1. The molecule has 0 bridgehead atoms. The quantitative estimate of drug-likeness (QED) is 0.361. The molecule has 35 heavy (non-hydrogen) atoms. The highest BCUT2D eigenvalue weighted by Gasteiger charge is 2.35. The molecule has 0 radical (unpaired) electrons. The molecule has 1 saturated heterocycles. The standard InChI is InChI=1S/C25H22Cl3N3O4/c1-34-23-12-18(5-9-22(23)35-14-15-2-8-20(27)21(28)10-15)29-30-25(33)16-11-24(32)31(13-16)19-6-3-17(26)4-7-19/h2-10,12,16,29H,11,13-14H2,1H3,(H,30,33)/t16-/m0/s1. The minimum Gasteiger partial charge on any atom is -0.493 e. The molecule has 2 N–H and O–H groups in total. The Morgan fingerprint density at radius 2 is 1.77 bits per heavy atom. The highest BCUT2D eigenvalue weighted by Crippen LogP contribution is 2.32. The van der Waals surface area contributed by atoms with Crippen molar-refractivity contribution in [3.05, 3.63) is 81.3 Å². The van der Waals surface area contributed by atoms with E-state index < -0.39 is 5.92 Å². The maximum atomic E-state index is 12.7. The average Bonchev–Trinajstić information content (AvgIpc) is 3.25. The van der Waals surface area contributed by atoms with Gasteiger partial charge in [-0.25, -0.2) is 0 Å². The number of benzene rings is 3. The number of carbonyl (C=O) groups is 2. The number of nitrogens with one attached hydrogen (secondary N) is 2. The minimum absolute atomic E-state index is 0.113. The zero-order chi connectivity index (χ0) is 24.9. The number of carbonyl (C=O) groups excluding carboxylic acids is 2. The number of ether oxygens (including phenoxy) is 2. The van der Waals surface area contributed by atoms with Crippen molar-refractivity contribution >= 4 is 58.0 Å². The molecule has 182 valence electrons. The summed E-state index contributed by atoms with van der Waals surface area (Å²) in [7, 11) is 1.53. The predicted octanol–water partition coefficient (Wildman–Crippen LogP) is 5.73. The molecule has 1 atom stereocenters. The van der Waals surface area contributed by atoms with Gasteiger partial charge in [-0.05, 0) is 54.1 Å². The summed E-state index contributed by atoms with van der Waals surface area (Å²) in [5.74, 6) is 0.123. The van der Waals surface area contributed by atoms with Crippen LogP contribution < -0.4 is 25.2 Å². The fourth-order valence-electron chi connectivity index (χ4n) is 3.64. The normalized spacial score (nSPS) is 15.1. The minimum atomic E-state index is -0.485. The van der Waals surface area contributed by atoms with Crippen LogP contribution in [0.15, 0.2) is 60.7 Å². The van der Waals surface area contributed by atoms with Gasteiger partial charge in [0.1, 0.15) is 6.61 Å². The van der Waals surface area contributed by atoms with Crippen molar-refractivity contribution in [2.45, 2.75) is 13.0 Å². The van der Waals surface area contributed by atoms with Crippen LogP contribution in [0.3, 0.4) is 0 Å². The van der Waals surface area contributed by atoms with E-state index in [1.54, 1.807) is 59.5 Å². The third kappa shape index (κ3) is 6.11. The summed E-state index contributed by atoms with van der Waals surface area (Å²) in [5.41, 5.74) is 7.70. The molecule has 1 aliphatic rings. The molecule has 0 spiro atoms. The van der Waals surface area contributed by atoms with Crippen LogP contribution in [0.1, 0.15) is 12.0 Å². The van der Waals surface area contributed by atoms with Crippen molar-refractivity contribution < 1.29 is 19.1 Å². The molecule has 1 heterocycles. The molecule has 1 aliphatic heterocycles. The molecule has 3 aromatic carbocycles. The number of hydrogen-bond donors (Lipinski definition) is 2. The second-order valence-electron chi connectivity index (χ2n) is 7.90. The zero-order valence-electron chi connectivity index (χ0n) is 18.7. The first-order valence-electron chi connectivity index (χ1n) is 10.7. The summed E-state index contributed by atoms with van der Waals surface area (Å²) in [6.07, 6.45) is 0.126. The first kappa shape index (κ1) is 25.0. The predicted molar refractivity (Wildman–Crippen MR) is 137 cm³/mol. The Morgan fingerprint density at radius 3 is 2.49 bits per heavy atom. The largest absolute Gasteiger partial charge is 0.493 e. The fraction of sp³-hybridized carbons (Fsp3) is 0.200. The summed E-state index contributed by atoms with van der Waals surface area (Å²) in [4.78, 5) is 26.7. The van der Waals surface area contributed by atoms with Gasteiger partial charge in [0, 0.05) is 29.7 Å². The maximum Gasteiger partial charge on any atom is 0.243 e. The number of halogens is 3. The molecule has 0 aromatic heterocycles. The molecule has 0 saturated carbocycles. The summed E-state index contributed by atoms with van der Waals surface area (Å²) < 4.78 is 11.3. The van der Waals surface area contributed by atoms with Crippen molar-refractivity contribution in [1.29, 1.82) is 0 Å². The van der Waals surface area contributed by atoms with E-state index in [-0.39, 0.29) is 24.8 Å². The lowest BCUT2D eigenvalue weighted by molar-refractivity contribution is -0.125. The van der Waals surface area contributed by atoms with Crippen LogP contribution in [0.25, 0.3) is 0 Å². The number of rotatable bonds is 8. The summed E-state index contributed by atoms with van der Waals surface area (Å²) in [6, 6.07) is 17.4. The fourth-order valence-corrected chi connectivity index (χ4v) is 4.09. The molecule has 1 fully saturated rings. The van der Waals surface area contributed by atoms with Crippen LogP contribution in [-0.4, -0.2) is 25.5 Å². The van der Waals surface area contributed by atoms with Crippen LogP contribution in [0.4, 0.5) is 11.4 Å². The maximum absolute atomic E-state index is 12.7. The van der Waals surface area contributed by atoms with Crippen LogP contribution in [-0.2, 0) is 16.2 Å². The Labute approximate surface area is 217 Å². The number of hydrogen-bond acceptors (Lipinski definition) is 5. The van der Waals surface area contributed by atoms with Crippen molar-refractivity contribution in [2.24, 2.45) is 5.92 Å². The van der Waals surface area contributed by atoms with Crippen LogP contribution >= 0.6 is 34.8 Å².